The highest BCUT2D eigenvalue weighted by Crippen LogP contribution is 2.32. The molecule has 0 atom stereocenters. The van der Waals surface area contributed by atoms with Crippen LogP contribution in [0.25, 0.3) is 16.3 Å². The highest BCUT2D eigenvalue weighted by molar-refractivity contribution is 7.16. The van der Waals surface area contributed by atoms with Gasteiger partial charge >= 0.3 is 11.0 Å². The number of halogens is 3. The lowest BCUT2D eigenvalue weighted by atomic mass is 10.1. The Kier molecular flexibility index (Phi) is 4.11. The lowest BCUT2D eigenvalue weighted by molar-refractivity contribution is -0.137. The van der Waals surface area contributed by atoms with Crippen LogP contribution in [0.15, 0.2) is 59.4 Å². The Morgan fingerprint density at radius 3 is 2.46 bits per heavy atom. The van der Waals surface area contributed by atoms with Crippen molar-refractivity contribution < 1.29 is 18.0 Å². The van der Waals surface area contributed by atoms with Crippen molar-refractivity contribution >= 4 is 33.5 Å². The monoisotopic (exact) mass is 349 g/mol. The Bertz CT molecular complexity index is 999. The van der Waals surface area contributed by atoms with Crippen LogP contribution in [0.2, 0.25) is 0 Å². The van der Waals surface area contributed by atoms with Crippen LogP contribution >= 0.6 is 11.3 Å². The summed E-state index contributed by atoms with van der Waals surface area (Å²) in [5.41, 5.74) is -0.534. The lowest BCUT2D eigenvalue weighted by Crippen LogP contribution is -2.19. The Hall–Kier alpha value is -2.67. The Morgan fingerprint density at radius 2 is 1.71 bits per heavy atom. The molecule has 3 rings (SSSR count). The molecule has 0 saturated carbocycles. The van der Waals surface area contributed by atoms with Gasteiger partial charge in [0, 0.05) is 6.08 Å². The van der Waals surface area contributed by atoms with Gasteiger partial charge < -0.3 is 0 Å². The first kappa shape index (κ1) is 16.2. The van der Waals surface area contributed by atoms with E-state index in [1.54, 1.807) is 24.3 Å². The van der Waals surface area contributed by atoms with Crippen LogP contribution < -0.4 is 4.87 Å². The number of hydrogen-bond donors (Lipinski definition) is 0. The number of nitrogens with zero attached hydrogens (tertiary/aromatic N) is 1. The number of alkyl halides is 3. The van der Waals surface area contributed by atoms with Gasteiger partial charge in [0.2, 0.25) is 0 Å². The zero-order chi connectivity index (χ0) is 17.3. The number of aromatic nitrogens is 1. The Morgan fingerprint density at radius 1 is 1.04 bits per heavy atom. The molecule has 1 aromatic heterocycles. The van der Waals surface area contributed by atoms with Gasteiger partial charge in [-0.05, 0) is 29.8 Å². The standard InChI is InChI=1S/C17H10F3NO2S/c18-17(19,20)12-6-2-1-5-11(12)9-10-15(22)21-13-7-3-4-8-14(13)24-16(21)23/h1-10H/b10-9+. The minimum Gasteiger partial charge on any atom is -0.269 e. The van der Waals surface area contributed by atoms with Crippen LogP contribution in [-0.2, 0) is 6.18 Å². The summed E-state index contributed by atoms with van der Waals surface area (Å²) in [6, 6.07) is 11.7. The van der Waals surface area contributed by atoms with E-state index in [0.29, 0.717) is 10.2 Å². The van der Waals surface area contributed by atoms with Crippen LogP contribution in [0, 0.1) is 0 Å². The van der Waals surface area contributed by atoms with Gasteiger partial charge in [0.05, 0.1) is 15.8 Å². The molecule has 122 valence electrons. The summed E-state index contributed by atoms with van der Waals surface area (Å²) >= 11 is 0.909. The molecule has 0 saturated heterocycles. The molecule has 0 radical (unpaired) electrons. The SMILES string of the molecule is O=C(/C=C/c1ccccc1C(F)(F)F)n1c(=O)sc2ccccc21. The van der Waals surface area contributed by atoms with Crippen LogP contribution in [0.5, 0.6) is 0 Å². The van der Waals surface area contributed by atoms with Crippen LogP contribution in [0.3, 0.4) is 0 Å². The first-order valence-electron chi connectivity index (χ1n) is 6.87. The first-order chi connectivity index (χ1) is 11.4. The fraction of sp³-hybridized carbons (Fsp3) is 0.0588. The molecule has 3 nitrogen and oxygen atoms in total. The number of thiazole rings is 1. The quantitative estimate of drug-likeness (QED) is 0.642. The van der Waals surface area contributed by atoms with Gasteiger partial charge in [-0.1, -0.05) is 41.7 Å². The van der Waals surface area contributed by atoms with Gasteiger partial charge in [0.1, 0.15) is 0 Å². The normalized spacial score (nSPS) is 12.1. The number of allylic oxidation sites excluding steroid dienone is 1. The first-order valence-corrected chi connectivity index (χ1v) is 7.69. The van der Waals surface area contributed by atoms with E-state index in [0.717, 1.165) is 34.1 Å². The van der Waals surface area contributed by atoms with Crippen molar-refractivity contribution in [1.82, 2.24) is 4.57 Å². The van der Waals surface area contributed by atoms with Crippen LogP contribution in [0.4, 0.5) is 13.2 Å². The Balaban J connectivity index is 2.00. The van der Waals surface area contributed by atoms with Crippen LogP contribution in [-0.4, -0.2) is 10.5 Å². The summed E-state index contributed by atoms with van der Waals surface area (Å²) in [5.74, 6) is -0.686. The number of fused-ring (bicyclic) bond motifs is 1. The summed E-state index contributed by atoms with van der Waals surface area (Å²) in [6.45, 7) is 0. The minimum atomic E-state index is -4.52. The highest BCUT2D eigenvalue weighted by atomic mass is 32.1. The maximum atomic E-state index is 12.9. The number of rotatable bonds is 2. The van der Waals surface area contributed by atoms with Crippen LogP contribution in [0.1, 0.15) is 15.9 Å². The van der Waals surface area contributed by atoms with Crippen molar-refractivity contribution in [2.24, 2.45) is 0 Å². The zero-order valence-electron chi connectivity index (χ0n) is 12.1. The van der Waals surface area contributed by atoms with E-state index >= 15 is 0 Å². The number of hydrogen-bond acceptors (Lipinski definition) is 3. The van der Waals surface area contributed by atoms with E-state index < -0.39 is 22.5 Å². The van der Waals surface area contributed by atoms with Crippen molar-refractivity contribution in [1.29, 1.82) is 0 Å². The molecule has 2 aromatic carbocycles. The largest absolute Gasteiger partial charge is 0.416 e. The molecule has 0 spiro atoms. The summed E-state index contributed by atoms with van der Waals surface area (Å²) in [5, 5.41) is 0. The molecule has 24 heavy (non-hydrogen) atoms. The second-order valence-corrected chi connectivity index (χ2v) is 5.92. The number of benzene rings is 2. The van der Waals surface area contributed by atoms with Crippen molar-refractivity contribution in [3.8, 4) is 0 Å². The second kappa shape index (κ2) is 6.09. The lowest BCUT2D eigenvalue weighted by Gasteiger charge is -2.09. The van der Waals surface area contributed by atoms with E-state index in [-0.39, 0.29) is 5.56 Å². The Labute approximate surface area is 138 Å². The summed E-state index contributed by atoms with van der Waals surface area (Å²) in [7, 11) is 0. The number of carbonyl (C=O) groups is 1. The minimum absolute atomic E-state index is 0.133. The predicted molar refractivity (Wildman–Crippen MR) is 87.2 cm³/mol. The summed E-state index contributed by atoms with van der Waals surface area (Å²) in [6.07, 6.45) is -2.47. The maximum Gasteiger partial charge on any atom is 0.416 e. The van der Waals surface area contributed by atoms with Gasteiger partial charge in [-0.25, -0.2) is 4.57 Å². The van der Waals surface area contributed by atoms with Gasteiger partial charge in [0.25, 0.3) is 5.91 Å². The molecule has 3 aromatic rings. The number of para-hydroxylation sites is 1. The maximum absolute atomic E-state index is 12.9. The smallest absolute Gasteiger partial charge is 0.269 e. The van der Waals surface area contributed by atoms with Crippen molar-refractivity contribution in [2.45, 2.75) is 6.18 Å². The third-order valence-corrected chi connectivity index (χ3v) is 4.30. The van der Waals surface area contributed by atoms with Crippen molar-refractivity contribution in [3.05, 3.63) is 75.4 Å². The molecule has 0 amide bonds. The molecule has 0 fully saturated rings. The molecule has 0 N–H and O–H groups in total. The third kappa shape index (κ3) is 3.03. The third-order valence-electron chi connectivity index (χ3n) is 3.38. The van der Waals surface area contributed by atoms with E-state index in [4.69, 9.17) is 0 Å². The average Bonchev–Trinajstić information content (AvgIpc) is 2.88. The average molecular weight is 349 g/mol. The van der Waals surface area contributed by atoms with Gasteiger partial charge in [-0.15, -0.1) is 0 Å². The molecule has 0 aliphatic heterocycles. The van der Waals surface area contributed by atoms with E-state index in [1.165, 1.54) is 18.2 Å². The second-order valence-electron chi connectivity index (χ2n) is 4.93. The number of carbonyl (C=O) groups excluding carboxylic acids is 1. The van der Waals surface area contributed by atoms with Gasteiger partial charge in [0.15, 0.2) is 0 Å². The predicted octanol–water partition coefficient (Wildman–Crippen LogP) is 4.44. The molecule has 0 unspecified atom stereocenters. The van der Waals surface area contributed by atoms with Crippen molar-refractivity contribution in [2.75, 3.05) is 0 Å². The fourth-order valence-electron chi connectivity index (χ4n) is 2.31. The van der Waals surface area contributed by atoms with Gasteiger partial charge in [-0.3, -0.25) is 9.59 Å². The zero-order valence-corrected chi connectivity index (χ0v) is 12.9. The molecule has 7 heteroatoms. The molecule has 0 aliphatic rings. The van der Waals surface area contributed by atoms with Gasteiger partial charge in [-0.2, -0.15) is 13.2 Å². The molecular weight excluding hydrogens is 339 g/mol. The highest BCUT2D eigenvalue weighted by Gasteiger charge is 2.32. The topological polar surface area (TPSA) is 39.1 Å². The van der Waals surface area contributed by atoms with E-state index in [1.807, 2.05) is 0 Å². The van der Waals surface area contributed by atoms with E-state index in [2.05, 4.69) is 0 Å². The summed E-state index contributed by atoms with van der Waals surface area (Å²) in [4.78, 5) is 23.8. The van der Waals surface area contributed by atoms with Crippen molar-refractivity contribution in [3.63, 3.8) is 0 Å². The summed E-state index contributed by atoms with van der Waals surface area (Å²) < 4.78 is 40.4. The molecule has 0 aliphatic carbocycles. The van der Waals surface area contributed by atoms with E-state index in [9.17, 15) is 22.8 Å². The molecule has 1 heterocycles. The molecule has 0 bridgehead atoms. The molecular formula is C17H10F3NO2S. The fourth-order valence-corrected chi connectivity index (χ4v) is 3.19.